The molecule has 2 aromatic heterocycles. The largest absolute Gasteiger partial charge is 0.345 e. The fourth-order valence-corrected chi connectivity index (χ4v) is 1.91. The number of aryl methyl sites for hydroxylation is 1. The Labute approximate surface area is 107 Å². The van der Waals surface area contributed by atoms with Gasteiger partial charge in [-0.2, -0.15) is 4.98 Å². The highest BCUT2D eigenvalue weighted by Crippen LogP contribution is 2.16. The maximum Gasteiger partial charge on any atom is 0.246 e. The SMILES string of the molecule is CCCC(N)c1ccn(Cc2nc(CC)no2)c1. The molecule has 1 unspecified atom stereocenters. The van der Waals surface area contributed by atoms with Crippen molar-refractivity contribution in [2.24, 2.45) is 5.73 Å². The number of rotatable bonds is 6. The van der Waals surface area contributed by atoms with Crippen molar-refractivity contribution in [3.05, 3.63) is 35.7 Å². The lowest BCUT2D eigenvalue weighted by Crippen LogP contribution is -2.08. The predicted octanol–water partition coefficient (Wildman–Crippen LogP) is 2.28. The third-order valence-corrected chi connectivity index (χ3v) is 2.95. The molecule has 2 heterocycles. The Morgan fingerprint density at radius 1 is 1.44 bits per heavy atom. The molecular formula is C13H20N4O. The summed E-state index contributed by atoms with van der Waals surface area (Å²) >= 11 is 0. The summed E-state index contributed by atoms with van der Waals surface area (Å²) in [7, 11) is 0. The van der Waals surface area contributed by atoms with Gasteiger partial charge in [-0.15, -0.1) is 0 Å². The van der Waals surface area contributed by atoms with Gasteiger partial charge in [-0.3, -0.25) is 0 Å². The molecule has 0 aromatic carbocycles. The van der Waals surface area contributed by atoms with Gasteiger partial charge < -0.3 is 14.8 Å². The molecule has 0 aliphatic carbocycles. The fraction of sp³-hybridized carbons (Fsp3) is 0.538. The Kier molecular flexibility index (Phi) is 4.15. The van der Waals surface area contributed by atoms with Gasteiger partial charge in [0.05, 0.1) is 0 Å². The third kappa shape index (κ3) is 2.98. The maximum absolute atomic E-state index is 6.07. The van der Waals surface area contributed by atoms with Crippen molar-refractivity contribution in [2.45, 2.75) is 45.7 Å². The van der Waals surface area contributed by atoms with Crippen LogP contribution in [0.1, 0.15) is 50.0 Å². The first kappa shape index (κ1) is 12.8. The Balaban J connectivity index is 2.01. The van der Waals surface area contributed by atoms with E-state index in [1.54, 1.807) is 0 Å². The Morgan fingerprint density at radius 2 is 2.28 bits per heavy atom. The summed E-state index contributed by atoms with van der Waals surface area (Å²) in [6.07, 6.45) is 6.94. The van der Waals surface area contributed by atoms with Gasteiger partial charge in [0, 0.05) is 24.9 Å². The standard InChI is InChI=1S/C13H20N4O/c1-3-5-11(14)10-6-7-17(8-10)9-13-15-12(4-2)16-18-13/h6-8,11H,3-5,9,14H2,1-2H3. The number of nitrogens with two attached hydrogens (primary N) is 1. The Hall–Kier alpha value is -1.62. The topological polar surface area (TPSA) is 69.9 Å². The molecule has 18 heavy (non-hydrogen) atoms. The molecule has 98 valence electrons. The molecule has 0 amide bonds. The molecule has 0 saturated carbocycles. The smallest absolute Gasteiger partial charge is 0.246 e. The second-order valence-electron chi connectivity index (χ2n) is 4.47. The van der Waals surface area contributed by atoms with E-state index in [2.05, 4.69) is 29.3 Å². The van der Waals surface area contributed by atoms with Crippen LogP contribution in [0.15, 0.2) is 23.0 Å². The van der Waals surface area contributed by atoms with Crippen molar-refractivity contribution in [3.63, 3.8) is 0 Å². The minimum Gasteiger partial charge on any atom is -0.345 e. The highest BCUT2D eigenvalue weighted by atomic mass is 16.5. The van der Waals surface area contributed by atoms with Crippen LogP contribution in [-0.2, 0) is 13.0 Å². The summed E-state index contributed by atoms with van der Waals surface area (Å²) in [5.41, 5.74) is 7.23. The first-order valence-corrected chi connectivity index (χ1v) is 6.45. The zero-order valence-corrected chi connectivity index (χ0v) is 11.0. The van der Waals surface area contributed by atoms with Gasteiger partial charge in [0.25, 0.3) is 0 Å². The van der Waals surface area contributed by atoms with Crippen molar-refractivity contribution >= 4 is 0 Å². The van der Waals surface area contributed by atoms with Crippen LogP contribution < -0.4 is 5.73 Å². The Bertz CT molecular complexity index is 489. The van der Waals surface area contributed by atoms with Gasteiger partial charge in [-0.05, 0) is 18.1 Å². The van der Waals surface area contributed by atoms with Crippen LogP contribution in [0.25, 0.3) is 0 Å². The average Bonchev–Trinajstić information content (AvgIpc) is 2.99. The summed E-state index contributed by atoms with van der Waals surface area (Å²) in [5.74, 6) is 1.39. The summed E-state index contributed by atoms with van der Waals surface area (Å²) in [6, 6.07) is 2.17. The first-order valence-electron chi connectivity index (χ1n) is 6.45. The van der Waals surface area contributed by atoms with Crippen molar-refractivity contribution in [1.82, 2.24) is 14.7 Å². The van der Waals surface area contributed by atoms with Gasteiger partial charge >= 0.3 is 0 Å². The van der Waals surface area contributed by atoms with E-state index in [1.165, 1.54) is 0 Å². The van der Waals surface area contributed by atoms with Gasteiger partial charge in [-0.1, -0.05) is 25.4 Å². The monoisotopic (exact) mass is 248 g/mol. The lowest BCUT2D eigenvalue weighted by Gasteiger charge is -2.07. The van der Waals surface area contributed by atoms with E-state index < -0.39 is 0 Å². The quantitative estimate of drug-likeness (QED) is 0.851. The van der Waals surface area contributed by atoms with E-state index in [1.807, 2.05) is 17.7 Å². The molecule has 2 rings (SSSR count). The summed E-state index contributed by atoms with van der Waals surface area (Å²) in [4.78, 5) is 4.28. The van der Waals surface area contributed by atoms with Crippen LogP contribution in [0.5, 0.6) is 0 Å². The number of aromatic nitrogens is 3. The lowest BCUT2D eigenvalue weighted by molar-refractivity contribution is 0.366. The van der Waals surface area contributed by atoms with Gasteiger partial charge in [0.2, 0.25) is 5.89 Å². The van der Waals surface area contributed by atoms with E-state index in [4.69, 9.17) is 10.3 Å². The minimum absolute atomic E-state index is 0.116. The molecule has 2 aromatic rings. The normalized spacial score (nSPS) is 12.8. The fourth-order valence-electron chi connectivity index (χ4n) is 1.91. The number of nitrogens with zero attached hydrogens (tertiary/aromatic N) is 3. The molecule has 0 fully saturated rings. The number of hydrogen-bond acceptors (Lipinski definition) is 4. The molecule has 0 saturated heterocycles. The van der Waals surface area contributed by atoms with E-state index in [-0.39, 0.29) is 6.04 Å². The van der Waals surface area contributed by atoms with Crippen molar-refractivity contribution in [3.8, 4) is 0 Å². The van der Waals surface area contributed by atoms with Crippen molar-refractivity contribution < 1.29 is 4.52 Å². The summed E-state index contributed by atoms with van der Waals surface area (Å²) < 4.78 is 7.19. The number of hydrogen-bond donors (Lipinski definition) is 1. The molecule has 0 spiro atoms. The molecule has 0 bridgehead atoms. The van der Waals surface area contributed by atoms with Crippen LogP contribution in [0.3, 0.4) is 0 Å². The molecule has 1 atom stereocenters. The van der Waals surface area contributed by atoms with E-state index >= 15 is 0 Å². The van der Waals surface area contributed by atoms with Gasteiger partial charge in [0.1, 0.15) is 6.54 Å². The predicted molar refractivity (Wildman–Crippen MR) is 69.0 cm³/mol. The van der Waals surface area contributed by atoms with E-state index in [0.29, 0.717) is 12.4 Å². The highest BCUT2D eigenvalue weighted by Gasteiger charge is 2.09. The molecule has 0 radical (unpaired) electrons. The van der Waals surface area contributed by atoms with Crippen LogP contribution in [-0.4, -0.2) is 14.7 Å². The van der Waals surface area contributed by atoms with Crippen LogP contribution in [0, 0.1) is 0 Å². The van der Waals surface area contributed by atoms with Gasteiger partial charge in [0.15, 0.2) is 5.82 Å². The summed E-state index contributed by atoms with van der Waals surface area (Å²) in [6.45, 7) is 4.75. The minimum atomic E-state index is 0.116. The van der Waals surface area contributed by atoms with Crippen LogP contribution >= 0.6 is 0 Å². The van der Waals surface area contributed by atoms with Crippen LogP contribution in [0.2, 0.25) is 0 Å². The first-order chi connectivity index (χ1) is 8.72. The summed E-state index contributed by atoms with van der Waals surface area (Å²) in [5, 5.41) is 3.88. The lowest BCUT2D eigenvalue weighted by atomic mass is 10.1. The Morgan fingerprint density at radius 3 is 2.94 bits per heavy atom. The zero-order chi connectivity index (χ0) is 13.0. The van der Waals surface area contributed by atoms with E-state index in [0.717, 1.165) is 30.7 Å². The second kappa shape index (κ2) is 5.82. The molecule has 5 heteroatoms. The highest BCUT2D eigenvalue weighted by molar-refractivity contribution is 5.15. The molecule has 0 aliphatic rings. The molecule has 5 nitrogen and oxygen atoms in total. The zero-order valence-electron chi connectivity index (χ0n) is 11.0. The molecular weight excluding hydrogens is 228 g/mol. The maximum atomic E-state index is 6.07. The van der Waals surface area contributed by atoms with Crippen molar-refractivity contribution in [1.29, 1.82) is 0 Å². The molecule has 0 aliphatic heterocycles. The van der Waals surface area contributed by atoms with Crippen LogP contribution in [0.4, 0.5) is 0 Å². The van der Waals surface area contributed by atoms with E-state index in [9.17, 15) is 0 Å². The van der Waals surface area contributed by atoms with Gasteiger partial charge in [-0.25, -0.2) is 0 Å². The average molecular weight is 248 g/mol. The molecule has 2 N–H and O–H groups in total. The second-order valence-corrected chi connectivity index (χ2v) is 4.47. The third-order valence-electron chi connectivity index (χ3n) is 2.95. The van der Waals surface area contributed by atoms with Crippen molar-refractivity contribution in [2.75, 3.05) is 0 Å².